The van der Waals surface area contributed by atoms with Gasteiger partial charge in [0.05, 0.1) is 6.54 Å². The van der Waals surface area contributed by atoms with Gasteiger partial charge in [-0.2, -0.15) is 0 Å². The van der Waals surface area contributed by atoms with E-state index < -0.39 is 5.60 Å². The molecule has 3 aromatic rings. The van der Waals surface area contributed by atoms with Crippen LogP contribution in [-0.4, -0.2) is 22.1 Å². The van der Waals surface area contributed by atoms with Gasteiger partial charge in [-0.3, -0.25) is 4.79 Å². The predicted octanol–water partition coefficient (Wildman–Crippen LogP) is 3.13. The standard InChI is InChI=1S/C21H24N2O2/c1-21(25,17-8-4-3-5-9-17)15-22-20(24)13-12-16-14-23(2)19-11-7-6-10-18(16)19/h3-11,14,25H,12-13,15H2,1-2H3,(H,22,24). The predicted molar refractivity (Wildman–Crippen MR) is 100 cm³/mol. The quantitative estimate of drug-likeness (QED) is 0.727. The molecule has 2 aromatic carbocycles. The zero-order valence-electron chi connectivity index (χ0n) is 14.7. The molecule has 0 fully saturated rings. The Morgan fingerprint density at radius 3 is 2.56 bits per heavy atom. The molecule has 4 heteroatoms. The summed E-state index contributed by atoms with van der Waals surface area (Å²) in [4.78, 5) is 12.2. The number of fused-ring (bicyclic) bond motifs is 1. The van der Waals surface area contributed by atoms with E-state index in [9.17, 15) is 9.90 Å². The van der Waals surface area contributed by atoms with Crippen molar-refractivity contribution in [1.82, 2.24) is 9.88 Å². The van der Waals surface area contributed by atoms with Gasteiger partial charge in [0.1, 0.15) is 5.60 Å². The van der Waals surface area contributed by atoms with E-state index in [1.165, 1.54) is 16.5 Å². The maximum absolute atomic E-state index is 12.2. The third-order valence-corrected chi connectivity index (χ3v) is 4.63. The summed E-state index contributed by atoms with van der Waals surface area (Å²) in [5.41, 5.74) is 2.06. The summed E-state index contributed by atoms with van der Waals surface area (Å²) >= 11 is 0. The van der Waals surface area contributed by atoms with Crippen molar-refractivity contribution in [1.29, 1.82) is 0 Å². The van der Waals surface area contributed by atoms with Gasteiger partial charge in [-0.25, -0.2) is 0 Å². The van der Waals surface area contributed by atoms with Crippen molar-refractivity contribution in [2.24, 2.45) is 7.05 Å². The van der Waals surface area contributed by atoms with Gasteiger partial charge in [-0.15, -0.1) is 0 Å². The molecule has 0 aliphatic rings. The van der Waals surface area contributed by atoms with Gasteiger partial charge in [-0.05, 0) is 30.5 Å². The van der Waals surface area contributed by atoms with Gasteiger partial charge in [0, 0.05) is 30.6 Å². The Bertz CT molecular complexity index is 866. The van der Waals surface area contributed by atoms with Crippen molar-refractivity contribution in [2.75, 3.05) is 6.54 Å². The minimum absolute atomic E-state index is 0.0517. The Labute approximate surface area is 148 Å². The summed E-state index contributed by atoms with van der Waals surface area (Å²) < 4.78 is 2.09. The Hall–Kier alpha value is -2.59. The van der Waals surface area contributed by atoms with Crippen molar-refractivity contribution < 1.29 is 9.90 Å². The Morgan fingerprint density at radius 2 is 1.80 bits per heavy atom. The lowest BCUT2D eigenvalue weighted by atomic mass is 9.96. The largest absolute Gasteiger partial charge is 0.384 e. The number of para-hydroxylation sites is 1. The van der Waals surface area contributed by atoms with E-state index in [0.29, 0.717) is 12.8 Å². The number of amides is 1. The number of aromatic nitrogens is 1. The Kier molecular flexibility index (Phi) is 4.91. The molecular weight excluding hydrogens is 312 g/mol. The highest BCUT2D eigenvalue weighted by Crippen LogP contribution is 2.22. The summed E-state index contributed by atoms with van der Waals surface area (Å²) in [6, 6.07) is 17.6. The minimum Gasteiger partial charge on any atom is -0.384 e. The fourth-order valence-electron chi connectivity index (χ4n) is 3.13. The highest BCUT2D eigenvalue weighted by atomic mass is 16.3. The van der Waals surface area contributed by atoms with E-state index in [1.54, 1.807) is 6.92 Å². The molecule has 2 N–H and O–H groups in total. The van der Waals surface area contributed by atoms with Crippen LogP contribution in [0.2, 0.25) is 0 Å². The molecule has 0 spiro atoms. The SMILES string of the molecule is Cn1cc(CCC(=O)NCC(C)(O)c2ccccc2)c2ccccc21. The smallest absolute Gasteiger partial charge is 0.220 e. The molecule has 1 aromatic heterocycles. The normalized spacial score (nSPS) is 13.6. The van der Waals surface area contributed by atoms with Gasteiger partial charge >= 0.3 is 0 Å². The highest BCUT2D eigenvalue weighted by Gasteiger charge is 2.23. The van der Waals surface area contributed by atoms with Crippen molar-refractivity contribution in [3.05, 3.63) is 71.9 Å². The second-order valence-electron chi connectivity index (χ2n) is 6.70. The summed E-state index contributed by atoms with van der Waals surface area (Å²) in [6.07, 6.45) is 3.16. The van der Waals surface area contributed by atoms with Crippen LogP contribution in [0.15, 0.2) is 60.8 Å². The second-order valence-corrected chi connectivity index (χ2v) is 6.70. The molecule has 0 bridgehead atoms. The zero-order valence-corrected chi connectivity index (χ0v) is 14.7. The summed E-state index contributed by atoms with van der Waals surface area (Å²) in [6.45, 7) is 1.92. The van der Waals surface area contributed by atoms with Gasteiger partial charge < -0.3 is 15.0 Å². The van der Waals surface area contributed by atoms with E-state index in [4.69, 9.17) is 0 Å². The van der Waals surface area contributed by atoms with Gasteiger partial charge in [0.25, 0.3) is 0 Å². The Morgan fingerprint density at radius 1 is 1.12 bits per heavy atom. The lowest BCUT2D eigenvalue weighted by Gasteiger charge is -2.24. The van der Waals surface area contributed by atoms with Gasteiger partial charge in [0.15, 0.2) is 0 Å². The highest BCUT2D eigenvalue weighted by molar-refractivity contribution is 5.84. The molecule has 130 valence electrons. The number of rotatable bonds is 6. The molecule has 0 aliphatic heterocycles. The van der Waals surface area contributed by atoms with Crippen molar-refractivity contribution in [3.63, 3.8) is 0 Å². The number of aryl methyl sites for hydroxylation is 2. The van der Waals surface area contributed by atoms with Crippen molar-refractivity contribution in [2.45, 2.75) is 25.4 Å². The van der Waals surface area contributed by atoms with E-state index in [2.05, 4.69) is 28.2 Å². The van der Waals surface area contributed by atoms with Crippen molar-refractivity contribution in [3.8, 4) is 0 Å². The monoisotopic (exact) mass is 336 g/mol. The van der Waals surface area contributed by atoms with Crippen LogP contribution in [0.4, 0.5) is 0 Å². The minimum atomic E-state index is -1.07. The molecule has 1 amide bonds. The summed E-state index contributed by atoms with van der Waals surface area (Å²) in [7, 11) is 2.02. The fraction of sp³-hybridized carbons (Fsp3) is 0.286. The van der Waals surface area contributed by atoms with E-state index in [1.807, 2.05) is 49.5 Å². The van der Waals surface area contributed by atoms with Gasteiger partial charge in [-0.1, -0.05) is 48.5 Å². The number of nitrogens with one attached hydrogen (secondary N) is 1. The third-order valence-electron chi connectivity index (χ3n) is 4.63. The number of aliphatic hydroxyl groups is 1. The van der Waals surface area contributed by atoms with E-state index >= 15 is 0 Å². The first-order valence-corrected chi connectivity index (χ1v) is 8.55. The van der Waals surface area contributed by atoms with E-state index in [-0.39, 0.29) is 12.5 Å². The number of carbonyl (C=O) groups is 1. The van der Waals surface area contributed by atoms with Crippen molar-refractivity contribution >= 4 is 16.8 Å². The molecule has 0 saturated carbocycles. The molecule has 1 atom stereocenters. The average Bonchev–Trinajstić information content (AvgIpc) is 2.95. The zero-order chi connectivity index (χ0) is 17.9. The lowest BCUT2D eigenvalue weighted by molar-refractivity contribution is -0.122. The molecule has 3 rings (SSSR count). The maximum atomic E-state index is 12.2. The number of hydrogen-bond donors (Lipinski definition) is 2. The number of hydrogen-bond acceptors (Lipinski definition) is 2. The summed E-state index contributed by atoms with van der Waals surface area (Å²) in [5, 5.41) is 14.6. The number of benzene rings is 2. The third kappa shape index (κ3) is 3.91. The maximum Gasteiger partial charge on any atom is 0.220 e. The lowest BCUT2D eigenvalue weighted by Crippen LogP contribution is -2.38. The van der Waals surface area contributed by atoms with Gasteiger partial charge in [0.2, 0.25) is 5.91 Å². The van der Waals surface area contributed by atoms with E-state index in [0.717, 1.165) is 5.56 Å². The van der Waals surface area contributed by atoms with Crippen LogP contribution >= 0.6 is 0 Å². The summed E-state index contributed by atoms with van der Waals surface area (Å²) in [5.74, 6) is -0.0517. The molecule has 1 unspecified atom stereocenters. The fourth-order valence-corrected chi connectivity index (χ4v) is 3.13. The average molecular weight is 336 g/mol. The number of carbonyl (C=O) groups excluding carboxylic acids is 1. The van der Waals surface area contributed by atoms with Crippen LogP contribution in [0, 0.1) is 0 Å². The molecule has 0 saturated heterocycles. The van der Waals surface area contributed by atoms with Crippen LogP contribution < -0.4 is 5.32 Å². The van der Waals surface area contributed by atoms with Crippen LogP contribution in [0.1, 0.15) is 24.5 Å². The first kappa shape index (κ1) is 17.2. The molecule has 25 heavy (non-hydrogen) atoms. The molecule has 4 nitrogen and oxygen atoms in total. The van der Waals surface area contributed by atoms with Crippen LogP contribution in [0.25, 0.3) is 10.9 Å². The first-order valence-electron chi connectivity index (χ1n) is 8.55. The molecule has 0 radical (unpaired) electrons. The second kappa shape index (κ2) is 7.11. The number of nitrogens with zero attached hydrogens (tertiary/aromatic N) is 1. The molecular formula is C21H24N2O2. The van der Waals surface area contributed by atoms with Crippen LogP contribution in [-0.2, 0) is 23.9 Å². The molecule has 0 aliphatic carbocycles. The Balaban J connectivity index is 1.58. The topological polar surface area (TPSA) is 54.3 Å². The molecule has 1 heterocycles. The first-order chi connectivity index (χ1) is 12.0. The van der Waals surface area contributed by atoms with Crippen LogP contribution in [0.5, 0.6) is 0 Å². The van der Waals surface area contributed by atoms with Crippen LogP contribution in [0.3, 0.4) is 0 Å².